The summed E-state index contributed by atoms with van der Waals surface area (Å²) in [5.41, 5.74) is 0.320. The van der Waals surface area contributed by atoms with Gasteiger partial charge in [-0.2, -0.15) is 8.42 Å². The van der Waals surface area contributed by atoms with Gasteiger partial charge in [0, 0.05) is 26.2 Å². The van der Waals surface area contributed by atoms with Gasteiger partial charge in [0.1, 0.15) is 18.3 Å². The lowest BCUT2D eigenvalue weighted by Crippen LogP contribution is -2.45. The van der Waals surface area contributed by atoms with E-state index in [1.54, 1.807) is 13.0 Å². The van der Waals surface area contributed by atoms with Gasteiger partial charge in [0.2, 0.25) is 0 Å². The first kappa shape index (κ1) is 17.1. The fraction of sp³-hybridized carbons (Fsp3) is 0.750. The van der Waals surface area contributed by atoms with Crippen molar-refractivity contribution in [1.82, 2.24) is 0 Å². The van der Waals surface area contributed by atoms with E-state index in [-0.39, 0.29) is 13.0 Å². The highest BCUT2D eigenvalue weighted by Crippen LogP contribution is 2.27. The fourth-order valence-corrected chi connectivity index (χ4v) is 2.71. The first-order chi connectivity index (χ1) is 9.32. The topological polar surface area (TPSA) is 88.1 Å². The van der Waals surface area contributed by atoms with Crippen molar-refractivity contribution in [2.24, 2.45) is 0 Å². The Labute approximate surface area is 119 Å². The standard InChI is InChI=1S/C12H20O7S/c1-5-18-12(13)8-6-9(16-2)11(17-3)10(7-8)19-20(4,14)15/h6,9-11H,5,7H2,1-4H3/t9-,10+,11-/m1/s1. The maximum absolute atomic E-state index is 11.8. The highest BCUT2D eigenvalue weighted by Gasteiger charge is 2.38. The summed E-state index contributed by atoms with van der Waals surface area (Å²) in [4.78, 5) is 11.8. The number of hydrogen-bond acceptors (Lipinski definition) is 7. The second kappa shape index (κ2) is 7.16. The van der Waals surface area contributed by atoms with Crippen LogP contribution in [0, 0.1) is 0 Å². The molecule has 0 N–H and O–H groups in total. The monoisotopic (exact) mass is 308 g/mol. The zero-order valence-electron chi connectivity index (χ0n) is 12.0. The van der Waals surface area contributed by atoms with Crippen LogP contribution in [-0.4, -0.2) is 59.8 Å². The number of carbonyl (C=O) groups excluding carboxylic acids is 1. The van der Waals surface area contributed by atoms with Crippen molar-refractivity contribution in [3.63, 3.8) is 0 Å². The molecule has 0 heterocycles. The number of esters is 1. The molecule has 116 valence electrons. The van der Waals surface area contributed by atoms with Crippen LogP contribution in [0.3, 0.4) is 0 Å². The molecule has 7 nitrogen and oxygen atoms in total. The van der Waals surface area contributed by atoms with Crippen LogP contribution in [-0.2, 0) is 33.3 Å². The van der Waals surface area contributed by atoms with Crippen molar-refractivity contribution in [1.29, 1.82) is 0 Å². The molecule has 0 saturated carbocycles. The maximum atomic E-state index is 11.8. The van der Waals surface area contributed by atoms with Crippen LogP contribution < -0.4 is 0 Å². The lowest BCUT2D eigenvalue weighted by Gasteiger charge is -2.33. The largest absolute Gasteiger partial charge is 0.463 e. The Morgan fingerprint density at radius 1 is 1.35 bits per heavy atom. The van der Waals surface area contributed by atoms with E-state index in [4.69, 9.17) is 18.4 Å². The molecule has 0 amide bonds. The molecule has 20 heavy (non-hydrogen) atoms. The molecule has 0 aromatic heterocycles. The SMILES string of the molecule is CCOC(=O)C1=C[C@@H](OC)[C@@H](OC)[C@@H](OS(C)(=O)=O)C1. The Bertz CT molecular complexity index is 468. The molecule has 0 bridgehead atoms. The molecule has 0 spiro atoms. The van der Waals surface area contributed by atoms with Gasteiger partial charge in [-0.25, -0.2) is 4.79 Å². The van der Waals surface area contributed by atoms with Crippen LogP contribution in [0.5, 0.6) is 0 Å². The molecule has 0 aromatic carbocycles. The Hall–Kier alpha value is -0.960. The van der Waals surface area contributed by atoms with E-state index in [0.717, 1.165) is 6.26 Å². The molecule has 3 atom stereocenters. The van der Waals surface area contributed by atoms with Gasteiger partial charge in [0.05, 0.1) is 12.9 Å². The first-order valence-corrected chi connectivity index (χ1v) is 7.95. The molecular weight excluding hydrogens is 288 g/mol. The number of rotatable bonds is 6. The van der Waals surface area contributed by atoms with Crippen molar-refractivity contribution in [2.45, 2.75) is 31.7 Å². The number of hydrogen-bond donors (Lipinski definition) is 0. The molecule has 0 unspecified atom stereocenters. The van der Waals surface area contributed by atoms with E-state index < -0.39 is 34.4 Å². The maximum Gasteiger partial charge on any atom is 0.333 e. The minimum absolute atomic E-state index is 0.0876. The molecule has 8 heteroatoms. The molecule has 0 fully saturated rings. The predicted molar refractivity (Wildman–Crippen MR) is 70.6 cm³/mol. The molecule has 0 saturated heterocycles. The van der Waals surface area contributed by atoms with Crippen LogP contribution in [0.25, 0.3) is 0 Å². The van der Waals surface area contributed by atoms with E-state index in [2.05, 4.69) is 0 Å². The quantitative estimate of drug-likeness (QED) is 0.513. The predicted octanol–water partition coefficient (Wildman–Crippen LogP) is 0.254. The van der Waals surface area contributed by atoms with Gasteiger partial charge in [-0.3, -0.25) is 4.18 Å². The van der Waals surface area contributed by atoms with E-state index >= 15 is 0 Å². The highest BCUT2D eigenvalue weighted by molar-refractivity contribution is 7.86. The second-order valence-corrected chi connectivity index (χ2v) is 5.96. The molecule has 0 radical (unpaired) electrons. The summed E-state index contributed by atoms with van der Waals surface area (Å²) in [5.74, 6) is -0.508. The third-order valence-corrected chi connectivity index (χ3v) is 3.45. The van der Waals surface area contributed by atoms with Crippen LogP contribution in [0.2, 0.25) is 0 Å². The average Bonchev–Trinajstić information content (AvgIpc) is 2.36. The Kier molecular flexibility index (Phi) is 6.12. The van der Waals surface area contributed by atoms with Gasteiger partial charge in [-0.05, 0) is 13.0 Å². The summed E-state index contributed by atoms with van der Waals surface area (Å²) in [5, 5.41) is 0. The third kappa shape index (κ3) is 4.55. The number of methoxy groups -OCH3 is 2. The second-order valence-electron chi connectivity index (χ2n) is 4.36. The summed E-state index contributed by atoms with van der Waals surface area (Å²) in [6, 6.07) is 0. The molecule has 0 aromatic rings. The van der Waals surface area contributed by atoms with E-state index in [1.807, 2.05) is 0 Å². The van der Waals surface area contributed by atoms with E-state index in [9.17, 15) is 13.2 Å². The zero-order chi connectivity index (χ0) is 15.3. The van der Waals surface area contributed by atoms with Gasteiger partial charge in [-0.1, -0.05) is 0 Å². The average molecular weight is 308 g/mol. The van der Waals surface area contributed by atoms with Crippen LogP contribution in [0.1, 0.15) is 13.3 Å². The molecule has 1 aliphatic carbocycles. The Balaban J connectivity index is 3.01. The van der Waals surface area contributed by atoms with Gasteiger partial charge in [0.25, 0.3) is 10.1 Å². The molecular formula is C12H20O7S. The van der Waals surface area contributed by atoms with Crippen molar-refractivity contribution < 1.29 is 31.6 Å². The zero-order valence-corrected chi connectivity index (χ0v) is 12.8. The van der Waals surface area contributed by atoms with Crippen molar-refractivity contribution in [2.75, 3.05) is 27.1 Å². The van der Waals surface area contributed by atoms with Gasteiger partial charge >= 0.3 is 5.97 Å². The van der Waals surface area contributed by atoms with Gasteiger partial charge in [-0.15, -0.1) is 0 Å². The summed E-state index contributed by atoms with van der Waals surface area (Å²) < 4.78 is 43.0. The summed E-state index contributed by atoms with van der Waals surface area (Å²) in [6.45, 7) is 1.93. The lowest BCUT2D eigenvalue weighted by molar-refractivity contribution is -0.140. The van der Waals surface area contributed by atoms with Gasteiger partial charge < -0.3 is 14.2 Å². The first-order valence-electron chi connectivity index (χ1n) is 6.14. The highest BCUT2D eigenvalue weighted by atomic mass is 32.2. The Morgan fingerprint density at radius 2 is 2.00 bits per heavy atom. The molecule has 0 aliphatic heterocycles. The van der Waals surface area contributed by atoms with Crippen molar-refractivity contribution in [3.05, 3.63) is 11.6 Å². The number of carbonyl (C=O) groups is 1. The lowest BCUT2D eigenvalue weighted by atomic mass is 9.92. The van der Waals surface area contributed by atoms with Crippen molar-refractivity contribution in [3.8, 4) is 0 Å². The fourth-order valence-electron chi connectivity index (χ4n) is 2.08. The van der Waals surface area contributed by atoms with Gasteiger partial charge in [0.15, 0.2) is 0 Å². The van der Waals surface area contributed by atoms with E-state index in [0.29, 0.717) is 5.57 Å². The number of ether oxygens (including phenoxy) is 3. The minimum Gasteiger partial charge on any atom is -0.463 e. The summed E-state index contributed by atoms with van der Waals surface area (Å²) in [7, 11) is -0.802. The smallest absolute Gasteiger partial charge is 0.333 e. The normalized spacial score (nSPS) is 27.0. The Morgan fingerprint density at radius 3 is 2.45 bits per heavy atom. The van der Waals surface area contributed by atoms with Crippen LogP contribution in [0.4, 0.5) is 0 Å². The van der Waals surface area contributed by atoms with Crippen molar-refractivity contribution >= 4 is 16.1 Å². The minimum atomic E-state index is -3.67. The van der Waals surface area contributed by atoms with E-state index in [1.165, 1.54) is 14.2 Å². The van der Waals surface area contributed by atoms with Crippen LogP contribution >= 0.6 is 0 Å². The molecule has 1 rings (SSSR count). The summed E-state index contributed by atoms with van der Waals surface area (Å²) >= 11 is 0. The summed E-state index contributed by atoms with van der Waals surface area (Å²) in [6.07, 6.45) is 0.583. The third-order valence-electron chi connectivity index (χ3n) is 2.86. The van der Waals surface area contributed by atoms with Crippen LogP contribution in [0.15, 0.2) is 11.6 Å². The molecule has 1 aliphatic rings.